The number of esters is 1. The normalized spacial score (nSPS) is 22.1. The van der Waals surface area contributed by atoms with Crippen LogP contribution in [0, 0.1) is 6.92 Å². The highest BCUT2D eigenvalue weighted by atomic mass is 16.5. The quantitative estimate of drug-likeness (QED) is 0.870. The van der Waals surface area contributed by atoms with Gasteiger partial charge in [-0.2, -0.15) is 0 Å². The summed E-state index contributed by atoms with van der Waals surface area (Å²) in [6, 6.07) is 6.00. The smallest absolute Gasteiger partial charge is 0.323 e. The lowest BCUT2D eigenvalue weighted by Gasteiger charge is -2.25. The molecular weight excluding hydrogens is 266 g/mol. The Kier molecular flexibility index (Phi) is 4.57. The average molecular weight is 291 g/mol. The molecule has 21 heavy (non-hydrogen) atoms. The molecule has 0 radical (unpaired) electrons. The molecule has 1 aromatic rings. The van der Waals surface area contributed by atoms with Gasteiger partial charge in [-0.3, -0.25) is 4.79 Å². The number of methoxy groups -OCH3 is 1. The molecule has 1 aromatic carbocycles. The van der Waals surface area contributed by atoms with Crippen molar-refractivity contribution in [1.82, 2.24) is 5.32 Å². The lowest BCUT2D eigenvalue weighted by Crippen LogP contribution is -2.31. The number of hydrogen-bond donors (Lipinski definition) is 1. The zero-order chi connectivity index (χ0) is 15.6. The molecular formula is C17H25NO3. The lowest BCUT2D eigenvalue weighted by atomic mass is 9.85. The lowest BCUT2D eigenvalue weighted by molar-refractivity contribution is -0.142. The van der Waals surface area contributed by atoms with Gasteiger partial charge in [0.2, 0.25) is 0 Å². The monoisotopic (exact) mass is 291 g/mol. The van der Waals surface area contributed by atoms with Gasteiger partial charge in [0, 0.05) is 13.0 Å². The van der Waals surface area contributed by atoms with Gasteiger partial charge >= 0.3 is 5.97 Å². The van der Waals surface area contributed by atoms with Gasteiger partial charge in [-0.25, -0.2) is 0 Å². The molecule has 0 amide bonds. The summed E-state index contributed by atoms with van der Waals surface area (Å²) in [6.45, 7) is 9.29. The molecule has 1 aliphatic rings. The first kappa shape index (κ1) is 15.8. The predicted octanol–water partition coefficient (Wildman–Crippen LogP) is 2.57. The highest BCUT2D eigenvalue weighted by molar-refractivity contribution is 5.76. The Morgan fingerprint density at radius 1 is 1.33 bits per heavy atom. The minimum absolute atomic E-state index is 0.00194. The fraction of sp³-hybridized carbons (Fsp3) is 0.588. The Hall–Kier alpha value is -1.55. The van der Waals surface area contributed by atoms with E-state index in [2.05, 4.69) is 45.1 Å². The zero-order valence-electron chi connectivity index (χ0n) is 13.5. The summed E-state index contributed by atoms with van der Waals surface area (Å²) in [5, 5.41) is 3.15. The Morgan fingerprint density at radius 2 is 2.05 bits per heavy atom. The van der Waals surface area contributed by atoms with Crippen LogP contribution in [-0.4, -0.2) is 31.8 Å². The fourth-order valence-corrected chi connectivity index (χ4v) is 2.63. The molecule has 1 fully saturated rings. The predicted molar refractivity (Wildman–Crippen MR) is 82.7 cm³/mol. The first-order valence-corrected chi connectivity index (χ1v) is 7.40. The van der Waals surface area contributed by atoms with E-state index in [-0.39, 0.29) is 23.5 Å². The number of nitrogens with one attached hydrogen (secondary N) is 1. The van der Waals surface area contributed by atoms with Crippen molar-refractivity contribution >= 4 is 5.97 Å². The molecule has 2 rings (SSSR count). The Labute approximate surface area is 126 Å². The number of aryl methyl sites for hydroxylation is 1. The van der Waals surface area contributed by atoms with Crippen molar-refractivity contribution in [2.75, 3.05) is 13.7 Å². The van der Waals surface area contributed by atoms with Gasteiger partial charge in [-0.1, -0.05) is 38.5 Å². The second kappa shape index (κ2) is 6.06. The SMILES string of the molecule is COC(=O)C1CC(Oc2ccc(C)cc2C(C)(C)C)CN1. The molecule has 1 saturated heterocycles. The maximum Gasteiger partial charge on any atom is 0.323 e. The maximum absolute atomic E-state index is 11.5. The van der Waals surface area contributed by atoms with E-state index >= 15 is 0 Å². The van der Waals surface area contributed by atoms with E-state index in [9.17, 15) is 4.79 Å². The van der Waals surface area contributed by atoms with E-state index in [0.717, 1.165) is 5.75 Å². The molecule has 116 valence electrons. The van der Waals surface area contributed by atoms with Crippen LogP contribution < -0.4 is 10.1 Å². The number of rotatable bonds is 3. The van der Waals surface area contributed by atoms with Gasteiger partial charge < -0.3 is 14.8 Å². The van der Waals surface area contributed by atoms with Crippen LogP contribution in [0.5, 0.6) is 5.75 Å². The third-order valence-electron chi connectivity index (χ3n) is 3.81. The van der Waals surface area contributed by atoms with E-state index in [4.69, 9.17) is 9.47 Å². The molecule has 4 nitrogen and oxygen atoms in total. The maximum atomic E-state index is 11.5. The number of carbonyl (C=O) groups is 1. The van der Waals surface area contributed by atoms with E-state index < -0.39 is 0 Å². The van der Waals surface area contributed by atoms with Crippen molar-refractivity contribution < 1.29 is 14.3 Å². The van der Waals surface area contributed by atoms with Crippen LogP contribution in [0.3, 0.4) is 0 Å². The van der Waals surface area contributed by atoms with E-state index in [0.29, 0.717) is 13.0 Å². The Bertz CT molecular complexity index is 519. The molecule has 1 aliphatic heterocycles. The molecule has 0 bridgehead atoms. The van der Waals surface area contributed by atoms with Gasteiger partial charge in [-0.15, -0.1) is 0 Å². The van der Waals surface area contributed by atoms with Crippen LogP contribution in [0.15, 0.2) is 18.2 Å². The van der Waals surface area contributed by atoms with E-state index in [1.807, 2.05) is 6.07 Å². The number of ether oxygens (including phenoxy) is 2. The van der Waals surface area contributed by atoms with Crippen LogP contribution in [0.4, 0.5) is 0 Å². The first-order chi connectivity index (χ1) is 9.81. The second-order valence-corrected chi connectivity index (χ2v) is 6.71. The molecule has 4 heteroatoms. The largest absolute Gasteiger partial charge is 0.489 e. The van der Waals surface area contributed by atoms with Crippen LogP contribution in [0.2, 0.25) is 0 Å². The van der Waals surface area contributed by atoms with E-state index in [1.165, 1.54) is 18.2 Å². The fourth-order valence-electron chi connectivity index (χ4n) is 2.63. The molecule has 1 heterocycles. The molecule has 0 spiro atoms. The highest BCUT2D eigenvalue weighted by Gasteiger charge is 2.32. The molecule has 0 aliphatic carbocycles. The van der Waals surface area contributed by atoms with Gasteiger partial charge in [0.25, 0.3) is 0 Å². The first-order valence-electron chi connectivity index (χ1n) is 7.40. The molecule has 0 aromatic heterocycles. The van der Waals surface area contributed by atoms with Crippen molar-refractivity contribution in [3.05, 3.63) is 29.3 Å². The van der Waals surface area contributed by atoms with E-state index in [1.54, 1.807) is 0 Å². The van der Waals surface area contributed by atoms with Crippen LogP contribution in [0.1, 0.15) is 38.3 Å². The van der Waals surface area contributed by atoms with Crippen LogP contribution >= 0.6 is 0 Å². The summed E-state index contributed by atoms with van der Waals surface area (Å²) < 4.78 is 10.9. The summed E-state index contributed by atoms with van der Waals surface area (Å²) in [7, 11) is 1.41. The van der Waals surface area contributed by atoms with Crippen LogP contribution in [-0.2, 0) is 14.9 Å². The summed E-state index contributed by atoms with van der Waals surface area (Å²) in [4.78, 5) is 11.5. The standard InChI is InChI=1S/C17H25NO3/c1-11-6-7-15(13(8-11)17(2,3)4)21-12-9-14(18-10-12)16(19)20-5/h6-8,12,14,18H,9-10H2,1-5H3. The number of carbonyl (C=O) groups excluding carboxylic acids is 1. The number of benzene rings is 1. The van der Waals surface area contributed by atoms with Crippen LogP contribution in [0.25, 0.3) is 0 Å². The van der Waals surface area contributed by atoms with Crippen molar-refractivity contribution in [2.24, 2.45) is 0 Å². The van der Waals surface area contributed by atoms with Gasteiger partial charge in [-0.05, 0) is 24.0 Å². The molecule has 2 unspecified atom stereocenters. The van der Waals surface area contributed by atoms with Crippen molar-refractivity contribution in [3.8, 4) is 5.75 Å². The van der Waals surface area contributed by atoms with Crippen molar-refractivity contribution in [3.63, 3.8) is 0 Å². The topological polar surface area (TPSA) is 47.6 Å². The Balaban J connectivity index is 2.12. The summed E-state index contributed by atoms with van der Waals surface area (Å²) in [5.41, 5.74) is 2.45. The zero-order valence-corrected chi connectivity index (χ0v) is 13.5. The molecule has 0 saturated carbocycles. The third kappa shape index (κ3) is 3.76. The molecule has 1 N–H and O–H groups in total. The van der Waals surface area contributed by atoms with Crippen molar-refractivity contribution in [2.45, 2.75) is 51.7 Å². The Morgan fingerprint density at radius 3 is 2.67 bits per heavy atom. The highest BCUT2D eigenvalue weighted by Crippen LogP contribution is 2.33. The van der Waals surface area contributed by atoms with Gasteiger partial charge in [0.15, 0.2) is 0 Å². The van der Waals surface area contributed by atoms with Gasteiger partial charge in [0.05, 0.1) is 7.11 Å². The third-order valence-corrected chi connectivity index (χ3v) is 3.81. The minimum Gasteiger partial charge on any atom is -0.489 e. The van der Waals surface area contributed by atoms with Crippen molar-refractivity contribution in [1.29, 1.82) is 0 Å². The average Bonchev–Trinajstić information content (AvgIpc) is 2.87. The minimum atomic E-state index is -0.261. The summed E-state index contributed by atoms with van der Waals surface area (Å²) in [5.74, 6) is 0.687. The summed E-state index contributed by atoms with van der Waals surface area (Å²) in [6.07, 6.45) is 0.641. The molecule has 2 atom stereocenters. The second-order valence-electron chi connectivity index (χ2n) is 6.71. The summed E-state index contributed by atoms with van der Waals surface area (Å²) >= 11 is 0. The number of hydrogen-bond acceptors (Lipinski definition) is 4. The van der Waals surface area contributed by atoms with Gasteiger partial charge in [0.1, 0.15) is 17.9 Å².